The molecule has 20 heavy (non-hydrogen) atoms. The van der Waals surface area contributed by atoms with E-state index < -0.39 is 0 Å². The topological polar surface area (TPSA) is 33.7 Å². The van der Waals surface area contributed by atoms with E-state index in [9.17, 15) is 4.39 Å². The van der Waals surface area contributed by atoms with E-state index in [0.717, 1.165) is 32.6 Å². The van der Waals surface area contributed by atoms with Crippen molar-refractivity contribution in [3.63, 3.8) is 0 Å². The largest absolute Gasteiger partial charge is 0.493 e. The summed E-state index contributed by atoms with van der Waals surface area (Å²) < 4.78 is 24.8. The fourth-order valence-electron chi connectivity index (χ4n) is 2.79. The number of halogens is 1. The van der Waals surface area contributed by atoms with Crippen molar-refractivity contribution in [1.82, 2.24) is 10.2 Å². The molecule has 1 N–H and O–H groups in total. The summed E-state index contributed by atoms with van der Waals surface area (Å²) >= 11 is 0. The third-order valence-electron chi connectivity index (χ3n) is 3.84. The smallest absolute Gasteiger partial charge is 0.163 e. The van der Waals surface area contributed by atoms with E-state index in [1.807, 2.05) is 0 Å². The van der Waals surface area contributed by atoms with Crippen LogP contribution in [0, 0.1) is 5.82 Å². The highest BCUT2D eigenvalue weighted by Gasteiger charge is 2.24. The normalized spacial score (nSPS) is 17.8. The van der Waals surface area contributed by atoms with Crippen molar-refractivity contribution in [2.24, 2.45) is 0 Å². The molecule has 1 heterocycles. The minimum atomic E-state index is -0.229. The van der Waals surface area contributed by atoms with Crippen LogP contribution < -0.4 is 14.8 Å². The summed E-state index contributed by atoms with van der Waals surface area (Å²) in [5, 5.41) is 3.32. The molecule has 2 rings (SSSR count). The van der Waals surface area contributed by atoms with Crippen molar-refractivity contribution in [1.29, 1.82) is 0 Å². The first-order chi connectivity index (χ1) is 9.71. The Labute approximate surface area is 119 Å². The molecular weight excluding hydrogens is 259 g/mol. The molecule has 0 amide bonds. The second-order valence-corrected chi connectivity index (χ2v) is 4.94. The number of piperazine rings is 1. The molecule has 5 heteroatoms. The molecule has 1 aromatic carbocycles. The average molecular weight is 282 g/mol. The Bertz CT molecular complexity index is 448. The van der Waals surface area contributed by atoms with E-state index >= 15 is 0 Å². The van der Waals surface area contributed by atoms with Gasteiger partial charge in [-0.3, -0.25) is 4.90 Å². The summed E-state index contributed by atoms with van der Waals surface area (Å²) in [7, 11) is 3.09. The molecule has 1 aromatic rings. The average Bonchev–Trinajstić information content (AvgIpc) is 2.50. The Balaban J connectivity index is 2.33. The highest BCUT2D eigenvalue weighted by molar-refractivity contribution is 5.44. The highest BCUT2D eigenvalue weighted by atomic mass is 19.1. The van der Waals surface area contributed by atoms with Crippen molar-refractivity contribution < 1.29 is 13.9 Å². The standard InChI is InChI=1S/C15H23FN2O2/c1-4-13(18-7-5-17-6-8-18)11-9-14(19-2)15(20-3)10-12(11)16/h9-10,13,17H,4-8H2,1-3H3/t13-/m1/s1. The van der Waals surface area contributed by atoms with Crippen LogP contribution in [0.1, 0.15) is 24.9 Å². The van der Waals surface area contributed by atoms with Crippen LogP contribution in [0.3, 0.4) is 0 Å². The Morgan fingerprint density at radius 3 is 2.35 bits per heavy atom. The van der Waals surface area contributed by atoms with Crippen LogP contribution in [0.5, 0.6) is 11.5 Å². The number of benzene rings is 1. The van der Waals surface area contributed by atoms with Crippen LogP contribution in [0.15, 0.2) is 12.1 Å². The van der Waals surface area contributed by atoms with Crippen molar-refractivity contribution in [2.75, 3.05) is 40.4 Å². The SMILES string of the molecule is CC[C@H](c1cc(OC)c(OC)cc1F)N1CCNCC1. The lowest BCUT2D eigenvalue weighted by Crippen LogP contribution is -2.45. The minimum Gasteiger partial charge on any atom is -0.493 e. The molecule has 0 bridgehead atoms. The van der Waals surface area contributed by atoms with Gasteiger partial charge in [-0.15, -0.1) is 0 Å². The number of nitrogens with one attached hydrogen (secondary N) is 1. The lowest BCUT2D eigenvalue weighted by Gasteiger charge is -2.35. The molecule has 0 saturated carbocycles. The minimum absolute atomic E-state index is 0.0805. The predicted octanol–water partition coefficient (Wildman–Crippen LogP) is 2.20. The molecule has 0 aromatic heterocycles. The molecule has 0 unspecified atom stereocenters. The maximum Gasteiger partial charge on any atom is 0.163 e. The van der Waals surface area contributed by atoms with Gasteiger partial charge in [0.15, 0.2) is 11.5 Å². The van der Waals surface area contributed by atoms with Gasteiger partial charge in [-0.2, -0.15) is 0 Å². The molecule has 1 fully saturated rings. The predicted molar refractivity (Wildman–Crippen MR) is 77.0 cm³/mol. The van der Waals surface area contributed by atoms with Crippen LogP contribution in [0.4, 0.5) is 4.39 Å². The number of rotatable bonds is 5. The molecular formula is C15H23FN2O2. The molecule has 0 spiro atoms. The zero-order chi connectivity index (χ0) is 14.5. The van der Waals surface area contributed by atoms with Crippen molar-refractivity contribution >= 4 is 0 Å². The molecule has 0 aliphatic carbocycles. The summed E-state index contributed by atoms with van der Waals surface area (Å²) in [4.78, 5) is 2.32. The van der Waals surface area contributed by atoms with E-state index in [4.69, 9.17) is 9.47 Å². The first-order valence-electron chi connectivity index (χ1n) is 7.07. The van der Waals surface area contributed by atoms with Gasteiger partial charge in [0, 0.05) is 43.9 Å². The number of ether oxygens (including phenoxy) is 2. The molecule has 112 valence electrons. The molecule has 1 atom stereocenters. The van der Waals surface area contributed by atoms with Crippen LogP contribution in [-0.4, -0.2) is 45.3 Å². The summed E-state index contributed by atoms with van der Waals surface area (Å²) in [6, 6.07) is 3.26. The van der Waals surface area contributed by atoms with E-state index in [0.29, 0.717) is 17.1 Å². The number of nitrogens with zero attached hydrogens (tertiary/aromatic N) is 1. The van der Waals surface area contributed by atoms with Gasteiger partial charge >= 0.3 is 0 Å². The van der Waals surface area contributed by atoms with Crippen molar-refractivity contribution in [2.45, 2.75) is 19.4 Å². The van der Waals surface area contributed by atoms with E-state index in [2.05, 4.69) is 17.1 Å². The summed E-state index contributed by atoms with van der Waals surface area (Å²) in [5.41, 5.74) is 0.687. The molecule has 1 aliphatic rings. The van der Waals surface area contributed by atoms with Crippen LogP contribution in [0.25, 0.3) is 0 Å². The van der Waals surface area contributed by atoms with Gasteiger partial charge in [0.1, 0.15) is 5.82 Å². The Morgan fingerprint density at radius 2 is 1.80 bits per heavy atom. The number of hydrogen-bond acceptors (Lipinski definition) is 4. The van der Waals surface area contributed by atoms with Crippen LogP contribution >= 0.6 is 0 Å². The summed E-state index contributed by atoms with van der Waals surface area (Å²) in [6.45, 7) is 5.86. The van der Waals surface area contributed by atoms with Crippen LogP contribution in [-0.2, 0) is 0 Å². The summed E-state index contributed by atoms with van der Waals surface area (Å²) in [6.07, 6.45) is 0.867. The van der Waals surface area contributed by atoms with E-state index in [1.165, 1.54) is 13.2 Å². The maximum absolute atomic E-state index is 14.4. The van der Waals surface area contributed by atoms with E-state index in [1.54, 1.807) is 13.2 Å². The molecule has 1 saturated heterocycles. The number of hydrogen-bond donors (Lipinski definition) is 1. The lowest BCUT2D eigenvalue weighted by atomic mass is 10.0. The Kier molecular flexibility index (Phi) is 5.20. The van der Waals surface area contributed by atoms with E-state index in [-0.39, 0.29) is 11.9 Å². The molecule has 1 aliphatic heterocycles. The Morgan fingerprint density at radius 1 is 1.20 bits per heavy atom. The highest BCUT2D eigenvalue weighted by Crippen LogP contribution is 2.35. The second-order valence-electron chi connectivity index (χ2n) is 4.94. The quantitative estimate of drug-likeness (QED) is 0.897. The van der Waals surface area contributed by atoms with Crippen LogP contribution in [0.2, 0.25) is 0 Å². The zero-order valence-corrected chi connectivity index (χ0v) is 12.4. The van der Waals surface area contributed by atoms with Gasteiger partial charge in [0.25, 0.3) is 0 Å². The molecule has 0 radical (unpaired) electrons. The lowest BCUT2D eigenvalue weighted by molar-refractivity contribution is 0.166. The van der Waals surface area contributed by atoms with Gasteiger partial charge < -0.3 is 14.8 Å². The monoisotopic (exact) mass is 282 g/mol. The summed E-state index contributed by atoms with van der Waals surface area (Å²) in [5.74, 6) is 0.787. The van der Waals surface area contributed by atoms with Gasteiger partial charge in [-0.25, -0.2) is 4.39 Å². The van der Waals surface area contributed by atoms with Crippen molar-refractivity contribution in [3.05, 3.63) is 23.5 Å². The van der Waals surface area contributed by atoms with Gasteiger partial charge in [-0.1, -0.05) is 6.92 Å². The zero-order valence-electron chi connectivity index (χ0n) is 12.4. The fourth-order valence-corrected chi connectivity index (χ4v) is 2.79. The third-order valence-corrected chi connectivity index (χ3v) is 3.84. The van der Waals surface area contributed by atoms with Gasteiger partial charge in [0.2, 0.25) is 0 Å². The molecule has 4 nitrogen and oxygen atoms in total. The first-order valence-corrected chi connectivity index (χ1v) is 7.07. The first kappa shape index (κ1) is 15.1. The van der Waals surface area contributed by atoms with Gasteiger partial charge in [-0.05, 0) is 12.5 Å². The van der Waals surface area contributed by atoms with Gasteiger partial charge in [0.05, 0.1) is 14.2 Å². The second kappa shape index (κ2) is 6.90. The van der Waals surface area contributed by atoms with Crippen molar-refractivity contribution in [3.8, 4) is 11.5 Å². The fraction of sp³-hybridized carbons (Fsp3) is 0.600. The maximum atomic E-state index is 14.4. The third kappa shape index (κ3) is 3.04. The number of methoxy groups -OCH3 is 2. The Hall–Kier alpha value is -1.33.